The summed E-state index contributed by atoms with van der Waals surface area (Å²) in [6.07, 6.45) is 9.38. The van der Waals surface area contributed by atoms with Crippen molar-refractivity contribution in [1.29, 1.82) is 0 Å². The highest BCUT2D eigenvalue weighted by Crippen LogP contribution is 2.47. The van der Waals surface area contributed by atoms with E-state index in [0.29, 0.717) is 11.8 Å². The summed E-state index contributed by atoms with van der Waals surface area (Å²) in [5.41, 5.74) is 4.35. The topological polar surface area (TPSA) is 37.5 Å². The van der Waals surface area contributed by atoms with Crippen LogP contribution in [0.3, 0.4) is 0 Å². The number of aliphatic hydroxyl groups is 1. The molecule has 0 amide bonds. The fraction of sp³-hybridized carbons (Fsp3) is 0.435. The summed E-state index contributed by atoms with van der Waals surface area (Å²) in [6.45, 7) is 0. The summed E-state index contributed by atoms with van der Waals surface area (Å²) in [7, 11) is 0. The van der Waals surface area contributed by atoms with Crippen LogP contribution in [0.15, 0.2) is 42.9 Å². The smallest absolute Gasteiger partial charge is 0.142 e. The van der Waals surface area contributed by atoms with E-state index in [9.17, 15) is 9.50 Å². The third kappa shape index (κ3) is 3.23. The Labute approximate surface area is 169 Å². The van der Waals surface area contributed by atoms with E-state index in [4.69, 9.17) is 11.6 Å². The van der Waals surface area contributed by atoms with Gasteiger partial charge in [-0.05, 0) is 85.6 Å². The van der Waals surface area contributed by atoms with E-state index in [0.717, 1.165) is 42.5 Å². The Bertz CT molecular complexity index is 1010. The van der Waals surface area contributed by atoms with Crippen LogP contribution in [0.5, 0.6) is 0 Å². The van der Waals surface area contributed by atoms with Gasteiger partial charge in [0.05, 0.1) is 34.9 Å². The molecular formula is C23H24ClFN2O. The van der Waals surface area contributed by atoms with Gasteiger partial charge in [-0.2, -0.15) is 0 Å². The quantitative estimate of drug-likeness (QED) is 0.584. The third-order valence-corrected chi connectivity index (χ3v) is 6.89. The van der Waals surface area contributed by atoms with Gasteiger partial charge in [0.25, 0.3) is 0 Å². The molecule has 2 aliphatic carbocycles. The highest BCUT2D eigenvalue weighted by atomic mass is 35.5. The Morgan fingerprint density at radius 3 is 2.50 bits per heavy atom. The molecule has 2 heterocycles. The molecule has 146 valence electrons. The van der Waals surface area contributed by atoms with Crippen molar-refractivity contribution in [2.75, 3.05) is 0 Å². The maximum Gasteiger partial charge on any atom is 0.142 e. The average Bonchev–Trinajstić information content (AvgIpc) is 3.45. The molecule has 1 N–H and O–H groups in total. The van der Waals surface area contributed by atoms with Gasteiger partial charge < -0.3 is 9.51 Å². The van der Waals surface area contributed by atoms with Crippen molar-refractivity contribution >= 4 is 17.1 Å². The van der Waals surface area contributed by atoms with E-state index >= 15 is 0 Å². The van der Waals surface area contributed by atoms with Crippen LogP contribution in [-0.2, 0) is 0 Å². The van der Waals surface area contributed by atoms with Gasteiger partial charge in [-0.15, -0.1) is 0 Å². The Hall–Kier alpha value is -1.91. The number of fused-ring (bicyclic) bond motifs is 1. The molecule has 0 radical (unpaired) electrons. The minimum atomic E-state index is -0.489. The molecule has 1 aromatic carbocycles. The molecule has 0 bridgehead atoms. The fourth-order valence-corrected chi connectivity index (χ4v) is 4.96. The molecule has 2 saturated carbocycles. The van der Waals surface area contributed by atoms with Crippen molar-refractivity contribution in [3.63, 3.8) is 0 Å². The van der Waals surface area contributed by atoms with Crippen LogP contribution in [0.4, 0.5) is 4.39 Å². The Kier molecular flexibility index (Phi) is 4.64. The van der Waals surface area contributed by atoms with Crippen LogP contribution in [-0.4, -0.2) is 14.5 Å². The number of imidazole rings is 1. The van der Waals surface area contributed by atoms with E-state index in [-0.39, 0.29) is 16.8 Å². The zero-order valence-electron chi connectivity index (χ0n) is 15.7. The summed E-state index contributed by atoms with van der Waals surface area (Å²) in [6, 6.07) is 9.43. The predicted octanol–water partition coefficient (Wildman–Crippen LogP) is 6.01. The first-order chi connectivity index (χ1) is 13.6. The fourth-order valence-electron chi connectivity index (χ4n) is 4.84. The van der Waals surface area contributed by atoms with Gasteiger partial charge in [-0.25, -0.2) is 9.37 Å². The second-order valence-electron chi connectivity index (χ2n) is 8.37. The van der Waals surface area contributed by atoms with Gasteiger partial charge in [0.1, 0.15) is 5.82 Å². The largest absolute Gasteiger partial charge is 0.387 e. The van der Waals surface area contributed by atoms with Crippen LogP contribution in [0.25, 0.3) is 5.52 Å². The van der Waals surface area contributed by atoms with Crippen molar-refractivity contribution in [1.82, 2.24) is 9.38 Å². The van der Waals surface area contributed by atoms with Crippen LogP contribution < -0.4 is 0 Å². The summed E-state index contributed by atoms with van der Waals surface area (Å²) < 4.78 is 15.9. The molecule has 0 spiro atoms. The average molecular weight is 399 g/mol. The maximum absolute atomic E-state index is 13.8. The molecular weight excluding hydrogens is 375 g/mol. The summed E-state index contributed by atoms with van der Waals surface area (Å²) in [5, 5.41) is 11.5. The molecule has 0 saturated heterocycles. The zero-order chi connectivity index (χ0) is 19.3. The predicted molar refractivity (Wildman–Crippen MR) is 108 cm³/mol. The number of aliphatic hydroxyl groups excluding tert-OH is 1. The molecule has 3 nitrogen and oxygen atoms in total. The van der Waals surface area contributed by atoms with E-state index in [1.807, 2.05) is 18.6 Å². The molecule has 2 fully saturated rings. The number of hydrogen-bond donors (Lipinski definition) is 1. The molecule has 5 rings (SSSR count). The van der Waals surface area contributed by atoms with Crippen molar-refractivity contribution in [2.45, 2.75) is 56.5 Å². The number of aromatic nitrogens is 2. The minimum absolute atomic E-state index is 0.175. The summed E-state index contributed by atoms with van der Waals surface area (Å²) in [4.78, 5) is 4.28. The normalized spacial score (nSPS) is 23.8. The lowest BCUT2D eigenvalue weighted by Gasteiger charge is -2.33. The molecule has 2 aromatic heterocycles. The van der Waals surface area contributed by atoms with Gasteiger partial charge >= 0.3 is 0 Å². The first kappa shape index (κ1) is 18.1. The standard InChI is InChI=1S/C23H24ClFN2O/c24-20-10-7-17(11-21(20)25)14-1-5-16(6-2-14)23(28)22-19(15-3-4-15)9-8-18-12-26-13-27(18)22/h7-16,23,28H,1-6H2/t14-,16-,23-/m0/s1. The van der Waals surface area contributed by atoms with Crippen LogP contribution in [0.1, 0.15) is 73.3 Å². The lowest BCUT2D eigenvalue weighted by molar-refractivity contribution is 0.0754. The zero-order valence-corrected chi connectivity index (χ0v) is 16.4. The molecule has 28 heavy (non-hydrogen) atoms. The highest BCUT2D eigenvalue weighted by Gasteiger charge is 2.34. The van der Waals surface area contributed by atoms with Gasteiger partial charge in [-0.3, -0.25) is 0 Å². The molecule has 2 aliphatic rings. The Morgan fingerprint density at radius 1 is 1.04 bits per heavy atom. The Balaban J connectivity index is 1.37. The molecule has 0 unspecified atom stereocenters. The first-order valence-electron chi connectivity index (χ1n) is 10.2. The number of nitrogens with zero attached hydrogens (tertiary/aromatic N) is 2. The van der Waals surface area contributed by atoms with Crippen molar-refractivity contribution in [3.8, 4) is 0 Å². The molecule has 3 aromatic rings. The summed E-state index contributed by atoms with van der Waals surface area (Å²) in [5.74, 6) is 0.785. The van der Waals surface area contributed by atoms with Gasteiger partial charge in [0.15, 0.2) is 0 Å². The van der Waals surface area contributed by atoms with Crippen LogP contribution in [0, 0.1) is 11.7 Å². The van der Waals surface area contributed by atoms with Crippen LogP contribution in [0.2, 0.25) is 5.02 Å². The van der Waals surface area contributed by atoms with E-state index < -0.39 is 6.10 Å². The van der Waals surface area contributed by atoms with Crippen molar-refractivity contribution in [3.05, 3.63) is 70.5 Å². The van der Waals surface area contributed by atoms with E-state index in [2.05, 4.69) is 21.5 Å². The van der Waals surface area contributed by atoms with Gasteiger partial charge in [0.2, 0.25) is 0 Å². The van der Waals surface area contributed by atoms with Gasteiger partial charge in [-0.1, -0.05) is 23.7 Å². The third-order valence-electron chi connectivity index (χ3n) is 6.59. The molecule has 0 aliphatic heterocycles. The van der Waals surface area contributed by atoms with E-state index in [1.54, 1.807) is 12.1 Å². The minimum Gasteiger partial charge on any atom is -0.387 e. The number of hydrogen-bond acceptors (Lipinski definition) is 2. The molecule has 1 atom stereocenters. The summed E-state index contributed by atoms with van der Waals surface area (Å²) >= 11 is 5.82. The highest BCUT2D eigenvalue weighted by molar-refractivity contribution is 6.30. The molecule has 5 heteroatoms. The van der Waals surface area contributed by atoms with Crippen molar-refractivity contribution < 1.29 is 9.50 Å². The number of halogens is 2. The monoisotopic (exact) mass is 398 g/mol. The van der Waals surface area contributed by atoms with Gasteiger partial charge in [0, 0.05) is 0 Å². The number of pyridine rings is 1. The number of benzene rings is 1. The lowest BCUT2D eigenvalue weighted by Crippen LogP contribution is -2.22. The number of rotatable bonds is 4. The Morgan fingerprint density at radius 2 is 1.79 bits per heavy atom. The lowest BCUT2D eigenvalue weighted by atomic mass is 9.75. The van der Waals surface area contributed by atoms with Crippen molar-refractivity contribution in [2.24, 2.45) is 5.92 Å². The van der Waals surface area contributed by atoms with Crippen LogP contribution >= 0.6 is 11.6 Å². The first-order valence-corrected chi connectivity index (χ1v) is 10.6. The maximum atomic E-state index is 13.8. The van der Waals surface area contributed by atoms with E-state index in [1.165, 1.54) is 18.4 Å². The SMILES string of the molecule is O[C@H](c1c(C2CC2)ccc2cncn12)[C@H]1CC[C@H](c2ccc(Cl)c(F)c2)CC1. The second kappa shape index (κ2) is 7.16. The second-order valence-corrected chi connectivity index (χ2v) is 8.77.